The van der Waals surface area contributed by atoms with Crippen molar-refractivity contribution in [3.05, 3.63) is 59.7 Å². The van der Waals surface area contributed by atoms with E-state index in [2.05, 4.69) is 39.9 Å². The van der Waals surface area contributed by atoms with Crippen molar-refractivity contribution >= 4 is 17.6 Å². The second-order valence-electron chi connectivity index (χ2n) is 7.12. The maximum atomic E-state index is 11.8. The van der Waals surface area contributed by atoms with Crippen LogP contribution in [0.3, 0.4) is 0 Å². The molecule has 0 aliphatic carbocycles. The minimum absolute atomic E-state index is 0.218. The van der Waals surface area contributed by atoms with Crippen molar-refractivity contribution in [3.63, 3.8) is 0 Å². The van der Waals surface area contributed by atoms with Gasteiger partial charge in [-0.1, -0.05) is 24.3 Å². The molecule has 3 rings (SSSR count). The van der Waals surface area contributed by atoms with Gasteiger partial charge in [-0.15, -0.1) is 0 Å². The van der Waals surface area contributed by atoms with Crippen LogP contribution in [0.2, 0.25) is 0 Å². The fourth-order valence-electron chi connectivity index (χ4n) is 3.41. The number of benzene rings is 2. The van der Waals surface area contributed by atoms with E-state index >= 15 is 0 Å². The van der Waals surface area contributed by atoms with Gasteiger partial charge in [0.2, 0.25) is 5.91 Å². The third-order valence-electron chi connectivity index (χ3n) is 5.10. The first kappa shape index (κ1) is 20.7. The summed E-state index contributed by atoms with van der Waals surface area (Å²) < 4.78 is 5.19. The van der Waals surface area contributed by atoms with E-state index in [0.29, 0.717) is 13.0 Å². The van der Waals surface area contributed by atoms with Gasteiger partial charge in [-0.25, -0.2) is 0 Å². The van der Waals surface area contributed by atoms with Crippen molar-refractivity contribution in [2.75, 3.05) is 32.1 Å². The quantitative estimate of drug-likeness (QED) is 0.410. The number of amides is 1. The van der Waals surface area contributed by atoms with Crippen LogP contribution in [0.25, 0.3) is 0 Å². The Hall–Kier alpha value is -3.02. The number of nitrogens with zero attached hydrogens (tertiary/aromatic N) is 2. The molecule has 1 saturated heterocycles. The van der Waals surface area contributed by atoms with Crippen LogP contribution in [-0.2, 0) is 17.8 Å². The first-order valence-corrected chi connectivity index (χ1v) is 10.2. The van der Waals surface area contributed by atoms with E-state index < -0.39 is 0 Å². The summed E-state index contributed by atoms with van der Waals surface area (Å²) in [7, 11) is 3.46. The van der Waals surface area contributed by atoms with E-state index in [1.165, 1.54) is 5.56 Å². The minimum atomic E-state index is 0.218. The summed E-state index contributed by atoms with van der Waals surface area (Å²) in [6, 6.07) is 16.4. The molecule has 0 unspecified atom stereocenters. The predicted molar refractivity (Wildman–Crippen MR) is 118 cm³/mol. The molecule has 0 bridgehead atoms. The number of nitrogens with one attached hydrogen (secondary N) is 2. The van der Waals surface area contributed by atoms with Crippen LogP contribution in [0.5, 0.6) is 5.75 Å². The van der Waals surface area contributed by atoms with Crippen molar-refractivity contribution in [1.29, 1.82) is 0 Å². The second kappa shape index (κ2) is 10.5. The molecule has 0 aromatic heterocycles. The third-order valence-corrected chi connectivity index (χ3v) is 5.10. The molecule has 6 heteroatoms. The van der Waals surface area contributed by atoms with Gasteiger partial charge >= 0.3 is 0 Å². The van der Waals surface area contributed by atoms with E-state index in [4.69, 9.17) is 4.74 Å². The highest BCUT2D eigenvalue weighted by Gasteiger charge is 2.21. The molecule has 1 aliphatic rings. The number of aryl methyl sites for hydroxylation is 1. The van der Waals surface area contributed by atoms with Gasteiger partial charge in [0, 0.05) is 38.8 Å². The number of rotatable bonds is 8. The summed E-state index contributed by atoms with van der Waals surface area (Å²) in [5.74, 6) is 1.89. The van der Waals surface area contributed by atoms with E-state index in [-0.39, 0.29) is 5.91 Å². The van der Waals surface area contributed by atoms with Gasteiger partial charge in [0.15, 0.2) is 5.96 Å². The number of carbonyl (C=O) groups excluding carboxylic acids is 1. The highest BCUT2D eigenvalue weighted by molar-refractivity contribution is 5.95. The molecule has 0 saturated carbocycles. The molecule has 29 heavy (non-hydrogen) atoms. The summed E-state index contributed by atoms with van der Waals surface area (Å²) in [5.41, 5.74) is 3.44. The van der Waals surface area contributed by atoms with E-state index in [1.54, 1.807) is 14.2 Å². The van der Waals surface area contributed by atoms with Crippen LogP contribution in [-0.4, -0.2) is 39.1 Å². The van der Waals surface area contributed by atoms with Crippen LogP contribution in [0.4, 0.5) is 5.69 Å². The van der Waals surface area contributed by atoms with Crippen molar-refractivity contribution in [3.8, 4) is 5.75 Å². The highest BCUT2D eigenvalue weighted by atomic mass is 16.5. The van der Waals surface area contributed by atoms with Gasteiger partial charge in [-0.3, -0.25) is 9.79 Å². The minimum Gasteiger partial charge on any atom is -0.497 e. The lowest BCUT2D eigenvalue weighted by Crippen LogP contribution is -2.37. The molecule has 1 aliphatic heterocycles. The van der Waals surface area contributed by atoms with Crippen LogP contribution >= 0.6 is 0 Å². The SMILES string of the molecule is CN=C(NCCCc1ccc(OC)cc1)NCc1ccc(N2CCCC2=O)cc1. The summed E-state index contributed by atoms with van der Waals surface area (Å²) in [6.07, 6.45) is 3.63. The maximum Gasteiger partial charge on any atom is 0.227 e. The number of anilines is 1. The molecular weight excluding hydrogens is 364 g/mol. The lowest BCUT2D eigenvalue weighted by atomic mass is 10.1. The van der Waals surface area contributed by atoms with Crippen molar-refractivity contribution in [2.45, 2.75) is 32.2 Å². The zero-order valence-electron chi connectivity index (χ0n) is 17.3. The summed E-state index contributed by atoms with van der Waals surface area (Å²) in [4.78, 5) is 18.0. The Labute approximate surface area is 173 Å². The number of hydrogen-bond acceptors (Lipinski definition) is 3. The van der Waals surface area contributed by atoms with E-state index in [1.807, 2.05) is 29.2 Å². The average Bonchev–Trinajstić information content (AvgIpc) is 3.20. The first-order valence-electron chi connectivity index (χ1n) is 10.2. The molecule has 2 aromatic carbocycles. The van der Waals surface area contributed by atoms with Crippen molar-refractivity contribution in [2.24, 2.45) is 4.99 Å². The zero-order chi connectivity index (χ0) is 20.5. The first-order chi connectivity index (χ1) is 14.2. The Morgan fingerprint density at radius 3 is 2.41 bits per heavy atom. The largest absolute Gasteiger partial charge is 0.497 e. The van der Waals surface area contributed by atoms with Gasteiger partial charge in [0.1, 0.15) is 5.75 Å². The number of ether oxygens (including phenoxy) is 1. The van der Waals surface area contributed by atoms with Gasteiger partial charge < -0.3 is 20.3 Å². The van der Waals surface area contributed by atoms with Crippen LogP contribution in [0.15, 0.2) is 53.5 Å². The molecule has 2 N–H and O–H groups in total. The summed E-state index contributed by atoms with van der Waals surface area (Å²) >= 11 is 0. The topological polar surface area (TPSA) is 66.0 Å². The Morgan fingerprint density at radius 2 is 1.79 bits per heavy atom. The van der Waals surface area contributed by atoms with Crippen LogP contribution in [0.1, 0.15) is 30.4 Å². The molecule has 0 spiro atoms. The number of methoxy groups -OCH3 is 1. The lowest BCUT2D eigenvalue weighted by Gasteiger charge is -2.16. The molecule has 154 valence electrons. The number of hydrogen-bond donors (Lipinski definition) is 2. The highest BCUT2D eigenvalue weighted by Crippen LogP contribution is 2.21. The smallest absolute Gasteiger partial charge is 0.227 e. The average molecular weight is 395 g/mol. The van der Waals surface area contributed by atoms with Gasteiger partial charge in [0.05, 0.1) is 7.11 Å². The Morgan fingerprint density at radius 1 is 1.07 bits per heavy atom. The summed E-state index contributed by atoms with van der Waals surface area (Å²) in [5, 5.41) is 6.69. The monoisotopic (exact) mass is 394 g/mol. The number of guanidine groups is 1. The van der Waals surface area contributed by atoms with E-state index in [0.717, 1.165) is 55.3 Å². The van der Waals surface area contributed by atoms with Crippen LogP contribution < -0.4 is 20.3 Å². The molecule has 1 fully saturated rings. The van der Waals surface area contributed by atoms with Gasteiger partial charge in [0.25, 0.3) is 0 Å². The standard InChI is InChI=1S/C23H30N4O2/c1-24-23(25-15-3-5-18-9-13-21(29-2)14-10-18)26-17-19-7-11-20(12-8-19)27-16-4-6-22(27)28/h7-14H,3-6,15-17H2,1-2H3,(H2,24,25,26). The predicted octanol–water partition coefficient (Wildman–Crippen LogP) is 3.12. The van der Waals surface area contributed by atoms with Gasteiger partial charge in [-0.05, 0) is 54.7 Å². The lowest BCUT2D eigenvalue weighted by molar-refractivity contribution is -0.117. The normalized spacial score (nSPS) is 14.2. The fraction of sp³-hybridized carbons (Fsp3) is 0.391. The zero-order valence-corrected chi connectivity index (χ0v) is 17.3. The molecule has 2 aromatic rings. The Kier molecular flexibility index (Phi) is 7.50. The molecule has 0 atom stereocenters. The molecule has 0 radical (unpaired) electrons. The Balaban J connectivity index is 1.39. The fourth-order valence-corrected chi connectivity index (χ4v) is 3.41. The second-order valence-corrected chi connectivity index (χ2v) is 7.12. The van der Waals surface area contributed by atoms with Gasteiger partial charge in [-0.2, -0.15) is 0 Å². The van der Waals surface area contributed by atoms with E-state index in [9.17, 15) is 4.79 Å². The number of carbonyl (C=O) groups is 1. The molecular formula is C23H30N4O2. The molecule has 1 amide bonds. The third kappa shape index (κ3) is 5.98. The number of aliphatic imine (C=N–C) groups is 1. The Bertz CT molecular complexity index is 816. The summed E-state index contributed by atoms with van der Waals surface area (Å²) in [6.45, 7) is 2.36. The molecule has 1 heterocycles. The maximum absolute atomic E-state index is 11.8. The van der Waals surface area contributed by atoms with Crippen LogP contribution in [0, 0.1) is 0 Å². The van der Waals surface area contributed by atoms with Crippen molar-refractivity contribution < 1.29 is 9.53 Å². The van der Waals surface area contributed by atoms with Crippen molar-refractivity contribution in [1.82, 2.24) is 10.6 Å². The molecule has 6 nitrogen and oxygen atoms in total.